The van der Waals surface area contributed by atoms with E-state index in [4.69, 9.17) is 4.74 Å². The first kappa shape index (κ1) is 17.2. The summed E-state index contributed by atoms with van der Waals surface area (Å²) in [7, 11) is 0. The van der Waals surface area contributed by atoms with Gasteiger partial charge < -0.3 is 4.74 Å². The maximum absolute atomic E-state index is 12.3. The summed E-state index contributed by atoms with van der Waals surface area (Å²) in [5.74, 6) is 0.349. The van der Waals surface area contributed by atoms with E-state index in [1.54, 1.807) is 11.3 Å². The highest BCUT2D eigenvalue weighted by atomic mass is 32.2. The van der Waals surface area contributed by atoms with Gasteiger partial charge >= 0.3 is 5.97 Å². The molecule has 0 amide bonds. The first-order valence-electron chi connectivity index (χ1n) is 8.53. The molecule has 126 valence electrons. The summed E-state index contributed by atoms with van der Waals surface area (Å²) in [5.41, 5.74) is 1.27. The molecule has 2 nitrogen and oxygen atoms in total. The third-order valence-corrected chi connectivity index (χ3v) is 6.35. The van der Waals surface area contributed by atoms with Gasteiger partial charge in [-0.25, -0.2) is 4.79 Å². The maximum atomic E-state index is 12.3. The minimum atomic E-state index is -0.262. The lowest BCUT2D eigenvalue weighted by Gasteiger charge is -2.04. The molecule has 0 atom stereocenters. The Morgan fingerprint density at radius 1 is 1.00 bits per heavy atom. The number of thiophene rings is 2. The molecule has 0 aliphatic carbocycles. The Morgan fingerprint density at radius 2 is 1.79 bits per heavy atom. The van der Waals surface area contributed by atoms with Gasteiger partial charge in [0.2, 0.25) is 0 Å². The van der Waals surface area contributed by atoms with E-state index < -0.39 is 0 Å². The summed E-state index contributed by atoms with van der Waals surface area (Å²) in [4.78, 5) is 14.4. The van der Waals surface area contributed by atoms with Crippen molar-refractivity contribution in [2.75, 3.05) is 0 Å². The van der Waals surface area contributed by atoms with Crippen molar-refractivity contribution >= 4 is 38.0 Å². The van der Waals surface area contributed by atoms with Gasteiger partial charge in [0.05, 0.1) is 4.01 Å². The number of benzene rings is 1. The standard InChI is InChI=1S/C20H22O2S2/c1-3-5-7-17-12-15-13-18(24-20(15)23-17)19(21)22-16-10-8-14(6-4-2)9-11-16/h8-13H,3-7H2,1-2H3. The van der Waals surface area contributed by atoms with E-state index in [2.05, 4.69) is 19.9 Å². The highest BCUT2D eigenvalue weighted by molar-refractivity contribution is 7.39. The molecule has 0 N–H and O–H groups in total. The number of hydrogen-bond donors (Lipinski definition) is 0. The van der Waals surface area contributed by atoms with E-state index >= 15 is 0 Å². The molecule has 1 aromatic carbocycles. The van der Waals surface area contributed by atoms with Crippen LogP contribution in [0.3, 0.4) is 0 Å². The van der Waals surface area contributed by atoms with Gasteiger partial charge in [0, 0.05) is 10.3 Å². The van der Waals surface area contributed by atoms with Crippen molar-refractivity contribution in [3.05, 3.63) is 51.7 Å². The van der Waals surface area contributed by atoms with Crippen LogP contribution in [0.2, 0.25) is 0 Å². The Kier molecular flexibility index (Phi) is 5.69. The van der Waals surface area contributed by atoms with E-state index in [9.17, 15) is 4.79 Å². The van der Waals surface area contributed by atoms with E-state index in [0.29, 0.717) is 10.6 Å². The monoisotopic (exact) mass is 358 g/mol. The fourth-order valence-corrected chi connectivity index (χ4v) is 5.05. The number of aryl methyl sites for hydroxylation is 2. The highest BCUT2D eigenvalue weighted by Crippen LogP contribution is 2.34. The van der Waals surface area contributed by atoms with Crippen molar-refractivity contribution in [3.63, 3.8) is 0 Å². The topological polar surface area (TPSA) is 26.3 Å². The number of carbonyl (C=O) groups is 1. The van der Waals surface area contributed by atoms with Gasteiger partial charge in [-0.05, 0) is 49.1 Å². The molecule has 0 bridgehead atoms. The minimum Gasteiger partial charge on any atom is -0.422 e. The van der Waals surface area contributed by atoms with E-state index in [1.165, 1.54) is 44.0 Å². The lowest BCUT2D eigenvalue weighted by Crippen LogP contribution is -2.06. The van der Waals surface area contributed by atoms with Crippen LogP contribution in [0.5, 0.6) is 5.75 Å². The van der Waals surface area contributed by atoms with Gasteiger partial charge in [-0.3, -0.25) is 0 Å². The lowest BCUT2D eigenvalue weighted by atomic mass is 10.1. The van der Waals surface area contributed by atoms with Crippen molar-refractivity contribution in [2.45, 2.75) is 46.0 Å². The quantitative estimate of drug-likeness (QED) is 0.357. The van der Waals surface area contributed by atoms with Gasteiger partial charge in [-0.1, -0.05) is 38.8 Å². The molecule has 3 rings (SSSR count). The predicted molar refractivity (Wildman–Crippen MR) is 104 cm³/mol. The van der Waals surface area contributed by atoms with Gasteiger partial charge in [-0.2, -0.15) is 0 Å². The SMILES string of the molecule is CCCCc1cc2cc(C(=O)Oc3ccc(CCC)cc3)sc2s1. The van der Waals surface area contributed by atoms with Crippen LogP contribution in [0, 0.1) is 0 Å². The van der Waals surface area contributed by atoms with Crippen molar-refractivity contribution in [1.29, 1.82) is 0 Å². The predicted octanol–water partition coefficient (Wildman–Crippen LogP) is 6.48. The van der Waals surface area contributed by atoms with Crippen molar-refractivity contribution < 1.29 is 9.53 Å². The van der Waals surface area contributed by atoms with Crippen LogP contribution in [0.4, 0.5) is 0 Å². The molecule has 3 aromatic rings. The molecule has 2 heterocycles. The van der Waals surface area contributed by atoms with E-state index in [-0.39, 0.29) is 5.97 Å². The lowest BCUT2D eigenvalue weighted by molar-refractivity contribution is 0.0740. The molecular weight excluding hydrogens is 336 g/mol. The zero-order valence-corrected chi connectivity index (χ0v) is 15.8. The molecule has 0 fully saturated rings. The largest absolute Gasteiger partial charge is 0.422 e. The molecule has 4 heteroatoms. The van der Waals surface area contributed by atoms with E-state index in [0.717, 1.165) is 19.3 Å². The van der Waals surface area contributed by atoms with Gasteiger partial charge in [0.1, 0.15) is 10.6 Å². The summed E-state index contributed by atoms with van der Waals surface area (Å²) < 4.78 is 6.72. The van der Waals surface area contributed by atoms with Crippen molar-refractivity contribution in [1.82, 2.24) is 0 Å². The fraction of sp³-hybridized carbons (Fsp3) is 0.350. The fourth-order valence-electron chi connectivity index (χ4n) is 2.64. The first-order valence-corrected chi connectivity index (χ1v) is 10.2. The molecular formula is C20H22O2S2. The summed E-state index contributed by atoms with van der Waals surface area (Å²) in [5, 5.41) is 1.17. The van der Waals surface area contributed by atoms with Gasteiger partial charge in [0.25, 0.3) is 0 Å². The number of unbranched alkanes of at least 4 members (excludes halogenated alkanes) is 1. The Labute approximate surface area is 151 Å². The Morgan fingerprint density at radius 3 is 2.46 bits per heavy atom. The van der Waals surface area contributed by atoms with Crippen LogP contribution < -0.4 is 4.74 Å². The molecule has 0 saturated carbocycles. The van der Waals surface area contributed by atoms with Crippen LogP contribution in [0.25, 0.3) is 9.40 Å². The number of ether oxygens (including phenoxy) is 1. The molecule has 0 radical (unpaired) electrons. The smallest absolute Gasteiger partial charge is 0.353 e. The van der Waals surface area contributed by atoms with Crippen LogP contribution in [-0.2, 0) is 12.8 Å². The maximum Gasteiger partial charge on any atom is 0.353 e. The first-order chi connectivity index (χ1) is 11.7. The molecule has 2 aromatic heterocycles. The number of esters is 1. The molecule has 24 heavy (non-hydrogen) atoms. The number of hydrogen-bond acceptors (Lipinski definition) is 4. The second-order valence-corrected chi connectivity index (χ2v) is 8.40. The van der Waals surface area contributed by atoms with E-state index in [1.807, 2.05) is 30.3 Å². The summed E-state index contributed by atoms with van der Waals surface area (Å²) >= 11 is 3.33. The molecule has 0 aliphatic heterocycles. The summed E-state index contributed by atoms with van der Waals surface area (Å²) in [6, 6.07) is 12.0. The van der Waals surface area contributed by atoms with Crippen LogP contribution in [0.1, 0.15) is 53.2 Å². The zero-order chi connectivity index (χ0) is 16.9. The Balaban J connectivity index is 1.68. The third-order valence-electron chi connectivity index (χ3n) is 3.92. The van der Waals surface area contributed by atoms with Crippen LogP contribution in [-0.4, -0.2) is 5.97 Å². The minimum absolute atomic E-state index is 0.262. The molecule has 0 spiro atoms. The number of rotatable bonds is 7. The normalized spacial score (nSPS) is 11.1. The van der Waals surface area contributed by atoms with Crippen LogP contribution >= 0.6 is 22.7 Å². The third kappa shape index (κ3) is 4.05. The molecule has 0 unspecified atom stereocenters. The summed E-state index contributed by atoms with van der Waals surface area (Å²) in [6.45, 7) is 4.36. The molecule has 0 saturated heterocycles. The average molecular weight is 359 g/mol. The molecule has 0 aliphatic rings. The van der Waals surface area contributed by atoms with Crippen molar-refractivity contribution in [2.24, 2.45) is 0 Å². The van der Waals surface area contributed by atoms with Gasteiger partial charge in [0.15, 0.2) is 0 Å². The summed E-state index contributed by atoms with van der Waals surface area (Å²) in [6.07, 6.45) is 5.73. The van der Waals surface area contributed by atoms with Crippen molar-refractivity contribution in [3.8, 4) is 5.75 Å². The second-order valence-electron chi connectivity index (χ2n) is 5.95. The Bertz CT molecular complexity index is 780. The second kappa shape index (κ2) is 7.95. The van der Waals surface area contributed by atoms with Crippen LogP contribution in [0.15, 0.2) is 36.4 Å². The highest BCUT2D eigenvalue weighted by Gasteiger charge is 2.14. The number of fused-ring (bicyclic) bond motifs is 1. The average Bonchev–Trinajstić information content (AvgIpc) is 3.13. The zero-order valence-electron chi connectivity index (χ0n) is 14.1. The Hall–Kier alpha value is -1.65. The number of carbonyl (C=O) groups excluding carboxylic acids is 1. The van der Waals surface area contributed by atoms with Gasteiger partial charge in [-0.15, -0.1) is 22.7 Å².